The Morgan fingerprint density at radius 1 is 1.35 bits per heavy atom. The first-order valence-corrected chi connectivity index (χ1v) is 6.06. The highest BCUT2D eigenvalue weighted by molar-refractivity contribution is 5.75. The molecule has 0 saturated heterocycles. The van der Waals surface area contributed by atoms with Gasteiger partial charge in [0.1, 0.15) is 18.3 Å². The van der Waals surface area contributed by atoms with Crippen molar-refractivity contribution in [1.82, 2.24) is 19.9 Å². The number of aromatic amines is 1. The molecule has 1 N–H and O–H groups in total. The van der Waals surface area contributed by atoms with Crippen LogP contribution in [0.3, 0.4) is 0 Å². The van der Waals surface area contributed by atoms with E-state index in [2.05, 4.69) is 26.9 Å². The summed E-state index contributed by atoms with van der Waals surface area (Å²) in [6.45, 7) is 4.17. The van der Waals surface area contributed by atoms with Gasteiger partial charge in [0.25, 0.3) is 0 Å². The molecule has 2 atom stereocenters. The summed E-state index contributed by atoms with van der Waals surface area (Å²) in [4.78, 5) is 15.8. The van der Waals surface area contributed by atoms with E-state index < -0.39 is 0 Å². The number of imidazole rings is 1. The number of H-pyrrole nitrogens is 1. The van der Waals surface area contributed by atoms with E-state index >= 15 is 0 Å². The molecule has 2 aromatic heterocycles. The van der Waals surface area contributed by atoms with E-state index in [-0.39, 0.29) is 6.10 Å². The lowest BCUT2D eigenvalue weighted by Gasteiger charge is -2.12. The maximum atomic E-state index is 5.94. The van der Waals surface area contributed by atoms with E-state index in [0.717, 1.165) is 35.7 Å². The average Bonchev–Trinajstić information content (AvgIpc) is 2.84. The highest BCUT2D eigenvalue weighted by atomic mass is 16.5. The van der Waals surface area contributed by atoms with Crippen molar-refractivity contribution in [2.45, 2.75) is 39.2 Å². The van der Waals surface area contributed by atoms with Gasteiger partial charge in [-0.25, -0.2) is 9.97 Å². The summed E-state index contributed by atoms with van der Waals surface area (Å²) in [7, 11) is 0. The van der Waals surface area contributed by atoms with Crippen LogP contribution in [0.25, 0.3) is 11.2 Å². The first-order valence-electron chi connectivity index (χ1n) is 6.06. The number of aromatic nitrogens is 4. The number of aryl methyl sites for hydroxylation is 1. The Hall–Kier alpha value is -1.65. The Morgan fingerprint density at radius 3 is 3.00 bits per heavy atom. The summed E-state index contributed by atoms with van der Waals surface area (Å²) in [5.74, 6) is 2.20. The number of hydrogen-bond acceptors (Lipinski definition) is 4. The molecule has 1 aliphatic rings. The molecule has 1 aliphatic carbocycles. The minimum atomic E-state index is 0.278. The van der Waals surface area contributed by atoms with E-state index in [4.69, 9.17) is 4.74 Å². The molecule has 90 valence electrons. The quantitative estimate of drug-likeness (QED) is 0.862. The molecule has 0 aliphatic heterocycles. The van der Waals surface area contributed by atoms with Gasteiger partial charge in [-0.2, -0.15) is 4.98 Å². The highest BCUT2D eigenvalue weighted by Gasteiger charge is 2.24. The molecule has 0 bridgehead atoms. The standard InChI is InChI=1S/C12H16N4O/c1-7-3-4-9(5-7)17-12-10-11(13-6-14-12)16-8(2)15-10/h6-7,9H,3-5H2,1-2H3,(H,13,14,15,16)/t7?,9-/m0/s1. The molecule has 0 spiro atoms. The van der Waals surface area contributed by atoms with Crippen LogP contribution >= 0.6 is 0 Å². The number of fused-ring (bicyclic) bond motifs is 1. The molecule has 0 aromatic carbocycles. The van der Waals surface area contributed by atoms with Crippen LogP contribution in [0.5, 0.6) is 5.88 Å². The topological polar surface area (TPSA) is 63.7 Å². The SMILES string of the molecule is Cc1nc2c(O[C@H]3CCC(C)C3)ncnc2[nH]1. The van der Waals surface area contributed by atoms with Gasteiger partial charge >= 0.3 is 0 Å². The zero-order valence-corrected chi connectivity index (χ0v) is 10.1. The zero-order valence-electron chi connectivity index (χ0n) is 10.1. The molecule has 5 heteroatoms. The molecule has 0 amide bonds. The Balaban J connectivity index is 1.89. The van der Waals surface area contributed by atoms with E-state index in [1.165, 1.54) is 12.7 Å². The summed E-state index contributed by atoms with van der Waals surface area (Å²) in [6.07, 6.45) is 5.25. The predicted octanol–water partition coefficient (Wildman–Crippen LogP) is 2.23. The predicted molar refractivity (Wildman–Crippen MR) is 63.9 cm³/mol. The number of ether oxygens (including phenoxy) is 1. The molecular weight excluding hydrogens is 216 g/mol. The minimum Gasteiger partial charge on any atom is -0.473 e. The molecule has 3 rings (SSSR count). The van der Waals surface area contributed by atoms with Crippen molar-refractivity contribution >= 4 is 11.2 Å². The largest absolute Gasteiger partial charge is 0.473 e. The van der Waals surface area contributed by atoms with Gasteiger partial charge in [0.15, 0.2) is 11.2 Å². The van der Waals surface area contributed by atoms with Gasteiger partial charge < -0.3 is 9.72 Å². The molecule has 1 fully saturated rings. The lowest BCUT2D eigenvalue weighted by atomic mass is 10.1. The average molecular weight is 232 g/mol. The minimum absolute atomic E-state index is 0.278. The van der Waals surface area contributed by atoms with Crippen molar-refractivity contribution < 1.29 is 4.74 Å². The summed E-state index contributed by atoms with van der Waals surface area (Å²) in [5, 5.41) is 0. The normalized spacial score (nSPS) is 24.4. The van der Waals surface area contributed by atoms with E-state index in [9.17, 15) is 0 Å². The fraction of sp³-hybridized carbons (Fsp3) is 0.583. The number of nitrogens with one attached hydrogen (secondary N) is 1. The van der Waals surface area contributed by atoms with Crippen LogP contribution in [0.4, 0.5) is 0 Å². The Morgan fingerprint density at radius 2 is 2.24 bits per heavy atom. The molecule has 0 radical (unpaired) electrons. The van der Waals surface area contributed by atoms with Crippen LogP contribution < -0.4 is 4.74 Å². The van der Waals surface area contributed by atoms with Crippen molar-refractivity contribution in [3.63, 3.8) is 0 Å². The molecule has 1 unspecified atom stereocenters. The van der Waals surface area contributed by atoms with Crippen LogP contribution in [-0.2, 0) is 0 Å². The van der Waals surface area contributed by atoms with E-state index in [1.807, 2.05) is 6.92 Å². The number of nitrogens with zero attached hydrogens (tertiary/aromatic N) is 3. The van der Waals surface area contributed by atoms with Gasteiger partial charge in [0.2, 0.25) is 5.88 Å². The van der Waals surface area contributed by atoms with Gasteiger partial charge in [-0.1, -0.05) is 6.92 Å². The molecular formula is C12H16N4O. The molecule has 5 nitrogen and oxygen atoms in total. The third-order valence-corrected chi connectivity index (χ3v) is 3.29. The zero-order chi connectivity index (χ0) is 11.8. The Kier molecular flexibility index (Phi) is 2.46. The second kappa shape index (κ2) is 3.98. The van der Waals surface area contributed by atoms with E-state index in [0.29, 0.717) is 5.88 Å². The van der Waals surface area contributed by atoms with Crippen molar-refractivity contribution in [1.29, 1.82) is 0 Å². The summed E-state index contributed by atoms with van der Waals surface area (Å²) >= 11 is 0. The van der Waals surface area contributed by atoms with E-state index in [1.54, 1.807) is 0 Å². The van der Waals surface area contributed by atoms with Crippen LogP contribution in [0.15, 0.2) is 6.33 Å². The van der Waals surface area contributed by atoms with Crippen LogP contribution in [0, 0.1) is 12.8 Å². The van der Waals surface area contributed by atoms with Crippen LogP contribution in [0.1, 0.15) is 32.0 Å². The van der Waals surface area contributed by atoms with Crippen molar-refractivity contribution in [2.75, 3.05) is 0 Å². The number of rotatable bonds is 2. The maximum Gasteiger partial charge on any atom is 0.245 e. The summed E-state index contributed by atoms with van der Waals surface area (Å²) in [5.41, 5.74) is 1.49. The molecule has 17 heavy (non-hydrogen) atoms. The van der Waals surface area contributed by atoms with Gasteiger partial charge in [0.05, 0.1) is 0 Å². The first-order chi connectivity index (χ1) is 8.22. The molecule has 1 saturated carbocycles. The Labute approximate surface area is 99.6 Å². The Bertz CT molecular complexity index is 536. The van der Waals surface area contributed by atoms with Crippen molar-refractivity contribution in [2.24, 2.45) is 5.92 Å². The molecule has 2 heterocycles. The monoisotopic (exact) mass is 232 g/mol. The van der Waals surface area contributed by atoms with Gasteiger partial charge in [0, 0.05) is 0 Å². The fourth-order valence-electron chi connectivity index (χ4n) is 2.43. The molecule has 2 aromatic rings. The second-order valence-electron chi connectivity index (χ2n) is 4.86. The lowest BCUT2D eigenvalue weighted by Crippen LogP contribution is -2.13. The highest BCUT2D eigenvalue weighted by Crippen LogP contribution is 2.29. The van der Waals surface area contributed by atoms with Gasteiger partial charge in [-0.05, 0) is 32.1 Å². The lowest BCUT2D eigenvalue weighted by molar-refractivity contribution is 0.199. The van der Waals surface area contributed by atoms with Crippen LogP contribution in [-0.4, -0.2) is 26.0 Å². The summed E-state index contributed by atoms with van der Waals surface area (Å²) in [6, 6.07) is 0. The van der Waals surface area contributed by atoms with Crippen LogP contribution in [0.2, 0.25) is 0 Å². The third-order valence-electron chi connectivity index (χ3n) is 3.29. The summed E-state index contributed by atoms with van der Waals surface area (Å²) < 4.78 is 5.94. The maximum absolute atomic E-state index is 5.94. The van der Waals surface area contributed by atoms with Gasteiger partial charge in [-0.3, -0.25) is 0 Å². The smallest absolute Gasteiger partial charge is 0.245 e. The second-order valence-corrected chi connectivity index (χ2v) is 4.86. The van der Waals surface area contributed by atoms with Gasteiger partial charge in [-0.15, -0.1) is 0 Å². The third kappa shape index (κ3) is 1.97. The van der Waals surface area contributed by atoms with Crippen molar-refractivity contribution in [3.05, 3.63) is 12.2 Å². The number of hydrogen-bond donors (Lipinski definition) is 1. The van der Waals surface area contributed by atoms with Crippen molar-refractivity contribution in [3.8, 4) is 5.88 Å². The first kappa shape index (κ1) is 10.5. The fourth-order valence-corrected chi connectivity index (χ4v) is 2.43.